The molecule has 0 aromatic rings. The van der Waals surface area contributed by atoms with Gasteiger partial charge in [0, 0.05) is 19.3 Å². The zero-order chi connectivity index (χ0) is 17.3. The van der Waals surface area contributed by atoms with Gasteiger partial charge in [-0.15, -0.1) is 0 Å². The highest BCUT2D eigenvalue weighted by Gasteiger charge is 2.22. The summed E-state index contributed by atoms with van der Waals surface area (Å²) in [6.07, 6.45) is 0.217. The van der Waals surface area contributed by atoms with Gasteiger partial charge in [0.2, 0.25) is 0 Å². The summed E-state index contributed by atoms with van der Waals surface area (Å²) in [5, 5.41) is 19.5. The number of ether oxygens (including phenoxy) is 1. The van der Waals surface area contributed by atoms with Crippen LogP contribution >= 0.6 is 0 Å². The molecule has 0 bridgehead atoms. The molecule has 0 aliphatic rings. The van der Waals surface area contributed by atoms with Crippen molar-refractivity contribution in [1.29, 1.82) is 5.26 Å². The Bertz CT molecular complexity index is 502. The Kier molecular flexibility index (Phi) is 7.61. The maximum absolute atomic E-state index is 12.0. The average Bonchev–Trinajstić information content (AvgIpc) is 2.38. The molecule has 122 valence electrons. The summed E-state index contributed by atoms with van der Waals surface area (Å²) >= 11 is 0. The van der Waals surface area contributed by atoms with Crippen LogP contribution in [0.3, 0.4) is 0 Å². The number of aliphatic carboxylic acids is 1. The summed E-state index contributed by atoms with van der Waals surface area (Å²) in [5.74, 6) is -2.16. The van der Waals surface area contributed by atoms with E-state index in [2.05, 4.69) is 0 Å². The normalized spacial score (nSPS) is 11.3. The van der Waals surface area contributed by atoms with Gasteiger partial charge in [-0.2, -0.15) is 5.26 Å². The van der Waals surface area contributed by atoms with Crippen LogP contribution in [0.15, 0.2) is 11.8 Å². The monoisotopic (exact) mass is 312 g/mol. The predicted molar refractivity (Wildman–Crippen MR) is 76.3 cm³/mol. The van der Waals surface area contributed by atoms with Crippen LogP contribution in [-0.4, -0.2) is 53.2 Å². The van der Waals surface area contributed by atoms with Gasteiger partial charge < -0.3 is 20.9 Å². The van der Waals surface area contributed by atoms with Crippen molar-refractivity contribution in [2.75, 3.05) is 19.6 Å². The van der Waals surface area contributed by atoms with Gasteiger partial charge in [-0.1, -0.05) is 0 Å². The van der Waals surface area contributed by atoms with Crippen molar-refractivity contribution in [3.8, 4) is 6.07 Å². The molecule has 0 aliphatic heterocycles. The van der Waals surface area contributed by atoms with E-state index in [0.29, 0.717) is 0 Å². The first-order chi connectivity index (χ1) is 10.1. The lowest BCUT2D eigenvalue weighted by Crippen LogP contribution is -2.37. The minimum Gasteiger partial charge on any atom is -0.480 e. The number of nitrogens with two attached hydrogens (primary N) is 1. The maximum Gasteiger partial charge on any atom is 0.414 e. The molecule has 2 amide bonds. The average molecular weight is 312 g/mol. The first-order valence-corrected chi connectivity index (χ1v) is 6.42. The van der Waals surface area contributed by atoms with Crippen LogP contribution in [-0.2, 0) is 14.3 Å². The Morgan fingerprint density at radius 3 is 2.41 bits per heavy atom. The number of nitrogens with one attached hydrogen (secondary N) is 1. The molecule has 0 heterocycles. The molecule has 9 heteroatoms. The van der Waals surface area contributed by atoms with E-state index in [9.17, 15) is 14.4 Å². The van der Waals surface area contributed by atoms with E-state index in [1.807, 2.05) is 5.32 Å². The van der Waals surface area contributed by atoms with Crippen molar-refractivity contribution in [3.05, 3.63) is 11.8 Å². The van der Waals surface area contributed by atoms with E-state index in [4.69, 9.17) is 20.8 Å². The van der Waals surface area contributed by atoms with Crippen LogP contribution in [0.4, 0.5) is 4.79 Å². The van der Waals surface area contributed by atoms with Crippen LogP contribution in [0.5, 0.6) is 0 Å². The van der Waals surface area contributed by atoms with Crippen LogP contribution in [0.1, 0.15) is 20.8 Å². The van der Waals surface area contributed by atoms with E-state index in [-0.39, 0.29) is 13.1 Å². The van der Waals surface area contributed by atoms with Gasteiger partial charge in [0.1, 0.15) is 23.8 Å². The number of rotatable bonds is 6. The van der Waals surface area contributed by atoms with E-state index in [1.54, 1.807) is 26.8 Å². The molecule has 0 saturated heterocycles. The van der Waals surface area contributed by atoms with Crippen molar-refractivity contribution in [2.45, 2.75) is 26.4 Å². The minimum atomic E-state index is -1.25. The number of carbonyl (C=O) groups is 3. The van der Waals surface area contributed by atoms with Crippen molar-refractivity contribution >= 4 is 18.0 Å². The van der Waals surface area contributed by atoms with Gasteiger partial charge in [-0.05, 0) is 20.8 Å². The van der Waals surface area contributed by atoms with Gasteiger partial charge >= 0.3 is 12.1 Å². The number of carbonyl (C=O) groups excluding carboxylic acids is 2. The van der Waals surface area contributed by atoms with Gasteiger partial charge in [0.25, 0.3) is 5.91 Å². The molecule has 0 atom stereocenters. The third kappa shape index (κ3) is 7.86. The first-order valence-electron chi connectivity index (χ1n) is 6.42. The topological polar surface area (TPSA) is 146 Å². The predicted octanol–water partition coefficient (Wildman–Crippen LogP) is -0.210. The Hall–Kier alpha value is -2.60. The smallest absolute Gasteiger partial charge is 0.414 e. The Morgan fingerprint density at radius 1 is 1.41 bits per heavy atom. The summed E-state index contributed by atoms with van der Waals surface area (Å²) in [6, 6.07) is 1.60. The van der Waals surface area contributed by atoms with Crippen LogP contribution in [0.2, 0.25) is 0 Å². The second-order valence-corrected chi connectivity index (χ2v) is 5.19. The molecular weight excluding hydrogens is 292 g/mol. The van der Waals surface area contributed by atoms with Crippen molar-refractivity contribution in [2.24, 2.45) is 5.73 Å². The highest BCUT2D eigenvalue weighted by atomic mass is 16.6. The third-order valence-electron chi connectivity index (χ3n) is 2.05. The van der Waals surface area contributed by atoms with Crippen LogP contribution in [0, 0.1) is 11.3 Å². The quantitative estimate of drug-likeness (QED) is 0.454. The molecule has 0 radical (unpaired) electrons. The Labute approximate surface area is 128 Å². The van der Waals surface area contributed by atoms with Gasteiger partial charge in [-0.25, -0.2) is 4.79 Å². The number of nitrogens with zero attached hydrogens (tertiary/aromatic N) is 2. The van der Waals surface area contributed by atoms with Gasteiger partial charge in [0.15, 0.2) is 0 Å². The minimum absolute atomic E-state index is 0.0340. The molecule has 0 rings (SSSR count). The van der Waals surface area contributed by atoms with E-state index < -0.39 is 35.7 Å². The summed E-state index contributed by atoms with van der Waals surface area (Å²) in [7, 11) is 0. The highest BCUT2D eigenvalue weighted by molar-refractivity contribution is 5.98. The third-order valence-corrected chi connectivity index (χ3v) is 2.05. The second kappa shape index (κ2) is 8.63. The van der Waals surface area contributed by atoms with E-state index >= 15 is 0 Å². The molecule has 4 N–H and O–H groups in total. The van der Waals surface area contributed by atoms with Crippen molar-refractivity contribution in [1.82, 2.24) is 10.2 Å². The van der Waals surface area contributed by atoms with Crippen molar-refractivity contribution < 1.29 is 24.2 Å². The van der Waals surface area contributed by atoms with E-state index in [0.717, 1.165) is 11.1 Å². The molecule has 9 nitrogen and oxygen atoms in total. The number of nitriles is 1. The van der Waals surface area contributed by atoms with Gasteiger partial charge in [0.05, 0.1) is 0 Å². The molecule has 0 aromatic carbocycles. The number of hydrogen-bond donors (Lipinski definition) is 3. The zero-order valence-electron chi connectivity index (χ0n) is 12.8. The molecule has 0 fully saturated rings. The van der Waals surface area contributed by atoms with Crippen molar-refractivity contribution in [3.63, 3.8) is 0 Å². The number of hydrogen-bond acceptors (Lipinski definition) is 6. The van der Waals surface area contributed by atoms with Gasteiger partial charge in [-0.3, -0.25) is 14.5 Å². The molecule has 22 heavy (non-hydrogen) atoms. The molecule has 0 spiro atoms. The fraction of sp³-hybridized carbons (Fsp3) is 0.538. The maximum atomic E-state index is 12.0. The highest BCUT2D eigenvalue weighted by Crippen LogP contribution is 2.11. The lowest BCUT2D eigenvalue weighted by atomic mass is 10.2. The summed E-state index contributed by atoms with van der Waals surface area (Å²) in [6.45, 7) is 4.48. The van der Waals surface area contributed by atoms with Crippen LogP contribution in [0.25, 0.3) is 0 Å². The summed E-state index contributed by atoms with van der Waals surface area (Å²) in [5.41, 5.74) is 4.20. The SMILES string of the molecule is CC(C)(C)OC(=O)N(/C=C(/C#N)C(=O)NCC(=O)O)CCN. The number of carboxylic acids is 1. The lowest BCUT2D eigenvalue weighted by molar-refractivity contribution is -0.137. The first kappa shape index (κ1) is 19.4. The fourth-order valence-electron chi connectivity index (χ4n) is 1.21. The molecule has 0 aromatic heterocycles. The summed E-state index contributed by atoms with van der Waals surface area (Å²) < 4.78 is 5.13. The number of amides is 2. The van der Waals surface area contributed by atoms with E-state index in [1.165, 1.54) is 0 Å². The lowest BCUT2D eigenvalue weighted by Gasteiger charge is -2.25. The Morgan fingerprint density at radius 2 is 2.00 bits per heavy atom. The molecule has 0 saturated carbocycles. The standard InChI is InChI=1S/C13H20N4O5/c1-13(2,3)22-12(21)17(5-4-14)8-9(6-15)11(20)16-7-10(18)19/h8H,4-5,7,14H2,1-3H3,(H,16,20)(H,18,19)/b9-8-. The molecule has 0 aliphatic carbocycles. The fourth-order valence-corrected chi connectivity index (χ4v) is 1.21. The second-order valence-electron chi connectivity index (χ2n) is 5.19. The largest absolute Gasteiger partial charge is 0.480 e. The van der Waals surface area contributed by atoms with Crippen LogP contribution < -0.4 is 11.1 Å². The molecule has 0 unspecified atom stereocenters. The zero-order valence-corrected chi connectivity index (χ0v) is 12.8. The Balaban J connectivity index is 5.14. The number of carboxylic acid groups (broad SMARTS) is 1. The summed E-state index contributed by atoms with van der Waals surface area (Å²) in [4.78, 5) is 35.0. The molecular formula is C13H20N4O5.